The van der Waals surface area contributed by atoms with Gasteiger partial charge in [-0.25, -0.2) is 4.79 Å². The fourth-order valence-corrected chi connectivity index (χ4v) is 6.81. The summed E-state index contributed by atoms with van der Waals surface area (Å²) >= 11 is 19.3. The number of anilines is 1. The van der Waals surface area contributed by atoms with Crippen molar-refractivity contribution in [3.05, 3.63) is 91.9 Å². The molecule has 2 amide bonds. The summed E-state index contributed by atoms with van der Waals surface area (Å²) in [5.74, 6) is -2.29. The molecule has 0 bridgehead atoms. The lowest BCUT2D eigenvalue weighted by Crippen LogP contribution is -2.57. The number of rotatable bonds is 7. The van der Waals surface area contributed by atoms with E-state index in [2.05, 4.69) is 10.6 Å². The summed E-state index contributed by atoms with van der Waals surface area (Å²) in [6.07, 6.45) is 0.313. The second-order valence-electron chi connectivity index (χ2n) is 10.6. The molecular formula is C31H29Cl3N2O5. The second-order valence-corrected chi connectivity index (χ2v) is 11.9. The Morgan fingerprint density at radius 2 is 1.59 bits per heavy atom. The molecule has 1 spiro atoms. The molecule has 214 valence electrons. The van der Waals surface area contributed by atoms with Gasteiger partial charge in [-0.15, -0.1) is 0 Å². The first-order chi connectivity index (χ1) is 19.5. The third-order valence-electron chi connectivity index (χ3n) is 8.49. The highest BCUT2D eigenvalue weighted by Crippen LogP contribution is 2.59. The normalized spacial score (nSPS) is 21.8. The van der Waals surface area contributed by atoms with Crippen LogP contribution in [-0.2, 0) is 19.8 Å². The van der Waals surface area contributed by atoms with Crippen LogP contribution in [-0.4, -0.2) is 28.5 Å². The number of carbonyl (C=O) groups is 3. The van der Waals surface area contributed by atoms with Crippen molar-refractivity contribution < 1.29 is 24.2 Å². The van der Waals surface area contributed by atoms with Gasteiger partial charge in [-0.3, -0.25) is 9.59 Å². The van der Waals surface area contributed by atoms with Crippen LogP contribution in [0.5, 0.6) is 5.75 Å². The fraction of sp³-hybridized carbons (Fsp3) is 0.323. The summed E-state index contributed by atoms with van der Waals surface area (Å²) < 4.78 is 6.30. The molecule has 1 saturated heterocycles. The molecule has 2 heterocycles. The molecule has 0 saturated carbocycles. The van der Waals surface area contributed by atoms with Crippen LogP contribution in [0, 0.1) is 6.92 Å². The van der Waals surface area contributed by atoms with Crippen LogP contribution in [0.2, 0.25) is 15.1 Å². The van der Waals surface area contributed by atoms with E-state index in [-0.39, 0.29) is 36.8 Å². The maximum Gasteiger partial charge on any atom is 0.348 e. The van der Waals surface area contributed by atoms with Crippen LogP contribution in [0.15, 0.2) is 54.6 Å². The van der Waals surface area contributed by atoms with Gasteiger partial charge in [0.25, 0.3) is 0 Å². The number of aliphatic carboxylic acids is 1. The van der Waals surface area contributed by atoms with E-state index in [9.17, 15) is 19.5 Å². The number of ether oxygens (including phenoxy) is 1. The zero-order valence-electron chi connectivity index (χ0n) is 22.7. The molecule has 0 radical (unpaired) electrons. The predicted molar refractivity (Wildman–Crippen MR) is 159 cm³/mol. The Morgan fingerprint density at radius 1 is 0.976 bits per heavy atom. The van der Waals surface area contributed by atoms with Crippen LogP contribution in [0.3, 0.4) is 0 Å². The number of carboxylic acids is 1. The first kappa shape index (κ1) is 29.2. The van der Waals surface area contributed by atoms with Crippen molar-refractivity contribution >= 4 is 58.3 Å². The molecule has 3 aromatic carbocycles. The number of amides is 2. The van der Waals surface area contributed by atoms with Crippen molar-refractivity contribution in [2.45, 2.75) is 63.0 Å². The Hall–Kier alpha value is -3.26. The number of carboxylic acid groups (broad SMARTS) is 1. The van der Waals surface area contributed by atoms with Crippen LogP contribution in [0.1, 0.15) is 67.3 Å². The van der Waals surface area contributed by atoms with Crippen molar-refractivity contribution in [1.29, 1.82) is 0 Å². The molecule has 0 aliphatic carbocycles. The second kappa shape index (κ2) is 10.9. The van der Waals surface area contributed by atoms with E-state index < -0.39 is 28.9 Å². The SMILES string of the molecule is CCC(CC)(Oc1ccc(Cl)cc1[C@H]1CC(=O)N[C@@H](c2cc(Cl)ccc2C)[C@]12C(=O)Nc1cc(Cl)ccc12)C(=O)O. The minimum Gasteiger partial charge on any atom is -0.478 e. The minimum absolute atomic E-state index is 0.0827. The first-order valence-electron chi connectivity index (χ1n) is 13.4. The van der Waals surface area contributed by atoms with Crippen molar-refractivity contribution in [2.24, 2.45) is 0 Å². The summed E-state index contributed by atoms with van der Waals surface area (Å²) in [7, 11) is 0. The highest BCUT2D eigenvalue weighted by Gasteiger charge is 2.62. The van der Waals surface area contributed by atoms with E-state index in [1.165, 1.54) is 0 Å². The number of nitrogens with one attached hydrogen (secondary N) is 2. The van der Waals surface area contributed by atoms with Gasteiger partial charge in [0.2, 0.25) is 17.4 Å². The Balaban J connectivity index is 1.82. The van der Waals surface area contributed by atoms with Gasteiger partial charge >= 0.3 is 5.97 Å². The third kappa shape index (κ3) is 4.74. The average Bonchev–Trinajstić information content (AvgIpc) is 3.21. The highest BCUT2D eigenvalue weighted by molar-refractivity contribution is 6.31. The smallest absolute Gasteiger partial charge is 0.348 e. The molecule has 3 N–H and O–H groups in total. The van der Waals surface area contributed by atoms with Gasteiger partial charge in [0, 0.05) is 38.7 Å². The van der Waals surface area contributed by atoms with Crippen LogP contribution in [0.4, 0.5) is 5.69 Å². The maximum atomic E-state index is 14.4. The Bertz CT molecular complexity index is 1570. The molecule has 3 aromatic rings. The quantitative estimate of drug-likeness (QED) is 0.260. The summed E-state index contributed by atoms with van der Waals surface area (Å²) in [5.41, 5.74) is 0.249. The van der Waals surface area contributed by atoms with Gasteiger partial charge in [-0.1, -0.05) is 60.8 Å². The number of benzene rings is 3. The van der Waals surface area contributed by atoms with E-state index >= 15 is 0 Å². The lowest BCUT2D eigenvalue weighted by atomic mass is 9.59. The van der Waals surface area contributed by atoms with Crippen LogP contribution >= 0.6 is 34.8 Å². The average molecular weight is 616 g/mol. The molecule has 7 nitrogen and oxygen atoms in total. The molecule has 0 aromatic heterocycles. The van der Waals surface area contributed by atoms with Gasteiger partial charge in [0.05, 0.1) is 6.04 Å². The van der Waals surface area contributed by atoms with Gasteiger partial charge in [-0.05, 0) is 78.9 Å². The third-order valence-corrected chi connectivity index (χ3v) is 9.19. The van der Waals surface area contributed by atoms with E-state index in [0.717, 1.165) is 5.56 Å². The first-order valence-corrected chi connectivity index (χ1v) is 14.5. The lowest BCUT2D eigenvalue weighted by Gasteiger charge is -2.47. The van der Waals surface area contributed by atoms with Gasteiger partial charge in [0.15, 0.2) is 0 Å². The largest absolute Gasteiger partial charge is 0.478 e. The van der Waals surface area contributed by atoms with E-state index in [1.807, 2.05) is 13.0 Å². The Morgan fingerprint density at radius 3 is 2.24 bits per heavy atom. The van der Waals surface area contributed by atoms with Gasteiger partial charge < -0.3 is 20.5 Å². The maximum absolute atomic E-state index is 14.4. The molecule has 5 rings (SSSR count). The van der Waals surface area contributed by atoms with E-state index in [0.29, 0.717) is 37.4 Å². The number of hydrogen-bond donors (Lipinski definition) is 3. The topological polar surface area (TPSA) is 105 Å². The molecule has 41 heavy (non-hydrogen) atoms. The molecule has 0 unspecified atom stereocenters. The molecule has 2 aliphatic heterocycles. The summed E-state index contributed by atoms with van der Waals surface area (Å²) in [4.78, 5) is 40.3. The Kier molecular flexibility index (Phi) is 7.74. The van der Waals surface area contributed by atoms with E-state index in [1.54, 1.807) is 62.4 Å². The summed E-state index contributed by atoms with van der Waals surface area (Å²) in [6, 6.07) is 14.6. The number of aryl methyl sites for hydroxylation is 1. The van der Waals surface area contributed by atoms with Crippen molar-refractivity contribution in [1.82, 2.24) is 5.32 Å². The number of hydrogen-bond acceptors (Lipinski definition) is 4. The lowest BCUT2D eigenvalue weighted by molar-refractivity contribution is -0.156. The monoisotopic (exact) mass is 614 g/mol. The van der Waals surface area contributed by atoms with Gasteiger partial charge in [-0.2, -0.15) is 0 Å². The van der Waals surface area contributed by atoms with Crippen molar-refractivity contribution in [3.63, 3.8) is 0 Å². The molecule has 1 fully saturated rings. The summed E-state index contributed by atoms with van der Waals surface area (Å²) in [6.45, 7) is 5.37. The molecule has 10 heteroatoms. The van der Waals surface area contributed by atoms with Crippen LogP contribution < -0.4 is 15.4 Å². The standard InChI is InChI=1S/C31H29Cl3N2O5/c1-4-30(5-2,29(39)40)41-25-11-9-18(33)13-21(25)23-15-26(37)36-27(20-12-17(32)7-6-16(20)3)31(23)22-10-8-19(34)14-24(22)35-28(31)38/h6-14,23,27H,4-5,15H2,1-3H3,(H,35,38)(H,36,37)(H,39,40)/t23-,27+,31-/m1/s1. The number of fused-ring (bicyclic) bond motifs is 2. The Labute approximate surface area is 253 Å². The molecule has 3 atom stereocenters. The van der Waals surface area contributed by atoms with Gasteiger partial charge in [0.1, 0.15) is 11.2 Å². The molecule has 2 aliphatic rings. The zero-order valence-corrected chi connectivity index (χ0v) is 25.0. The predicted octanol–water partition coefficient (Wildman–Crippen LogP) is 7.21. The number of halogens is 3. The zero-order chi connectivity index (χ0) is 29.7. The number of carbonyl (C=O) groups excluding carboxylic acids is 2. The minimum atomic E-state index is -1.51. The van der Waals surface area contributed by atoms with Crippen molar-refractivity contribution in [3.8, 4) is 5.75 Å². The van der Waals surface area contributed by atoms with E-state index in [4.69, 9.17) is 39.5 Å². The fourth-order valence-electron chi connectivity index (χ4n) is 6.28. The van der Waals surface area contributed by atoms with Crippen molar-refractivity contribution in [2.75, 3.05) is 5.32 Å². The van der Waals surface area contributed by atoms with Crippen LogP contribution in [0.25, 0.3) is 0 Å². The number of piperidine rings is 1. The summed E-state index contributed by atoms with van der Waals surface area (Å²) in [5, 5.41) is 17.5. The highest BCUT2D eigenvalue weighted by atomic mass is 35.5. The molecular weight excluding hydrogens is 587 g/mol.